The third-order valence-electron chi connectivity index (χ3n) is 7.44. The molecule has 0 radical (unpaired) electrons. The summed E-state index contributed by atoms with van der Waals surface area (Å²) in [5.74, 6) is 1.23. The van der Waals surface area contributed by atoms with Crippen LogP contribution in [0.1, 0.15) is 35.0 Å². The Morgan fingerprint density at radius 2 is 1.73 bits per heavy atom. The third-order valence-corrected chi connectivity index (χ3v) is 7.44. The van der Waals surface area contributed by atoms with Gasteiger partial charge in [-0.3, -0.25) is 4.40 Å². The number of imidazole rings is 1. The fraction of sp³-hybridized carbons (Fsp3) is 0.407. The molecule has 0 spiro atoms. The van der Waals surface area contributed by atoms with E-state index in [9.17, 15) is 5.26 Å². The molecule has 1 aliphatic heterocycles. The van der Waals surface area contributed by atoms with Crippen molar-refractivity contribution in [2.75, 3.05) is 37.6 Å². The Balaban J connectivity index is 1.47. The number of hydrogen-bond donors (Lipinski definition) is 1. The van der Waals surface area contributed by atoms with E-state index < -0.39 is 0 Å². The molecule has 1 saturated heterocycles. The lowest BCUT2D eigenvalue weighted by Gasteiger charge is -2.35. The summed E-state index contributed by atoms with van der Waals surface area (Å²) in [5, 5.41) is 9.95. The first-order valence-corrected chi connectivity index (χ1v) is 12.1. The lowest BCUT2D eigenvalue weighted by molar-refractivity contribution is -0.901. The van der Waals surface area contributed by atoms with Gasteiger partial charge in [-0.1, -0.05) is 19.1 Å². The zero-order valence-corrected chi connectivity index (χ0v) is 20.1. The molecule has 4 heterocycles. The second-order valence-corrected chi connectivity index (χ2v) is 9.28. The molecule has 33 heavy (non-hydrogen) atoms. The van der Waals surface area contributed by atoms with Crippen LogP contribution in [0.5, 0.6) is 0 Å². The number of piperazine rings is 1. The first kappa shape index (κ1) is 21.5. The number of nitrogens with zero attached hydrogens (tertiary/aromatic N) is 5. The van der Waals surface area contributed by atoms with E-state index >= 15 is 0 Å². The topological polar surface area (TPSA) is 53.7 Å². The Morgan fingerprint density at radius 3 is 2.39 bits per heavy atom. The second-order valence-electron chi connectivity index (χ2n) is 9.28. The molecule has 0 bridgehead atoms. The molecule has 0 aliphatic carbocycles. The number of aryl methyl sites for hydroxylation is 2. The molecule has 1 aromatic carbocycles. The Kier molecular flexibility index (Phi) is 5.59. The van der Waals surface area contributed by atoms with Gasteiger partial charge in [0.2, 0.25) is 0 Å². The third kappa shape index (κ3) is 3.57. The number of aromatic nitrogens is 3. The van der Waals surface area contributed by atoms with Crippen molar-refractivity contribution in [2.24, 2.45) is 0 Å². The van der Waals surface area contributed by atoms with Crippen molar-refractivity contribution >= 4 is 22.5 Å². The maximum absolute atomic E-state index is 9.95. The summed E-state index contributed by atoms with van der Waals surface area (Å²) in [6.07, 6.45) is 0.900. The molecule has 1 aliphatic rings. The maximum Gasteiger partial charge on any atom is 0.157 e. The summed E-state index contributed by atoms with van der Waals surface area (Å²) in [6, 6.07) is 15.1. The van der Waals surface area contributed by atoms with Crippen LogP contribution >= 0.6 is 0 Å². The summed E-state index contributed by atoms with van der Waals surface area (Å²) < 4.78 is 4.68. The fourth-order valence-electron chi connectivity index (χ4n) is 5.53. The van der Waals surface area contributed by atoms with E-state index in [1.54, 1.807) is 4.90 Å². The number of nitrogens with one attached hydrogen (secondary N) is 1. The van der Waals surface area contributed by atoms with Crippen molar-refractivity contribution in [2.45, 2.75) is 40.7 Å². The van der Waals surface area contributed by atoms with Gasteiger partial charge in [0.15, 0.2) is 5.65 Å². The molecule has 6 nitrogen and oxygen atoms in total. The van der Waals surface area contributed by atoms with Crippen LogP contribution < -0.4 is 9.80 Å². The SMILES string of the molecule is CCc1c(C)c(C#N)c2nc3ccccc3n2c1N1CC[NH+](CCn2c(C)ccc2C)CC1. The van der Waals surface area contributed by atoms with Gasteiger partial charge >= 0.3 is 0 Å². The Labute approximate surface area is 195 Å². The number of nitriles is 1. The normalized spacial score (nSPS) is 14.9. The zero-order valence-electron chi connectivity index (χ0n) is 20.1. The van der Waals surface area contributed by atoms with E-state index in [1.807, 2.05) is 12.1 Å². The van der Waals surface area contributed by atoms with E-state index in [2.05, 4.69) is 71.9 Å². The Bertz CT molecular complexity index is 1340. The van der Waals surface area contributed by atoms with Crippen molar-refractivity contribution in [3.8, 4) is 6.07 Å². The van der Waals surface area contributed by atoms with E-state index in [0.29, 0.717) is 5.56 Å². The minimum atomic E-state index is 0.702. The number of fused-ring (bicyclic) bond motifs is 3. The summed E-state index contributed by atoms with van der Waals surface area (Å²) in [6.45, 7) is 15.2. The van der Waals surface area contributed by atoms with Crippen LogP contribution in [-0.2, 0) is 13.0 Å². The van der Waals surface area contributed by atoms with Gasteiger partial charge in [0.25, 0.3) is 0 Å². The minimum Gasteiger partial charge on any atom is -0.346 e. The summed E-state index contributed by atoms with van der Waals surface area (Å²) >= 11 is 0. The van der Waals surface area contributed by atoms with Crippen LogP contribution in [-0.4, -0.2) is 46.7 Å². The molecule has 6 heteroatoms. The van der Waals surface area contributed by atoms with E-state index in [4.69, 9.17) is 4.98 Å². The van der Waals surface area contributed by atoms with Crippen LogP contribution in [0, 0.1) is 32.1 Å². The van der Waals surface area contributed by atoms with E-state index in [-0.39, 0.29) is 0 Å². The van der Waals surface area contributed by atoms with Crippen molar-refractivity contribution in [3.63, 3.8) is 0 Å². The summed E-state index contributed by atoms with van der Waals surface area (Å²) in [7, 11) is 0. The van der Waals surface area contributed by atoms with Gasteiger partial charge in [-0.25, -0.2) is 4.98 Å². The molecule has 1 N–H and O–H groups in total. The predicted molar refractivity (Wildman–Crippen MR) is 133 cm³/mol. The van der Waals surface area contributed by atoms with Gasteiger partial charge < -0.3 is 14.4 Å². The van der Waals surface area contributed by atoms with Gasteiger partial charge in [-0.15, -0.1) is 0 Å². The number of pyridine rings is 1. The quantitative estimate of drug-likeness (QED) is 0.518. The average molecular weight is 442 g/mol. The average Bonchev–Trinajstić information content (AvgIpc) is 3.36. The number of para-hydroxylation sites is 2. The number of hydrogen-bond acceptors (Lipinski definition) is 3. The Morgan fingerprint density at radius 1 is 1.03 bits per heavy atom. The number of quaternary nitrogens is 1. The molecule has 1 fully saturated rings. The predicted octanol–water partition coefficient (Wildman–Crippen LogP) is 3.05. The lowest BCUT2D eigenvalue weighted by Crippen LogP contribution is -3.15. The number of benzene rings is 1. The molecule has 4 aromatic rings. The summed E-state index contributed by atoms with van der Waals surface area (Å²) in [5.41, 5.74) is 8.56. The van der Waals surface area contributed by atoms with E-state index in [1.165, 1.54) is 22.8 Å². The standard InChI is InChI=1S/C27H32N6/c1-5-22-21(4)23(18-28)26-29-24-8-6-7-9-25(24)33(26)27(22)31-15-12-30(13-16-31)14-17-32-19(2)10-11-20(32)3/h6-11H,5,12-17H2,1-4H3/p+1. The minimum absolute atomic E-state index is 0.702. The highest BCUT2D eigenvalue weighted by atomic mass is 15.3. The number of anilines is 1. The van der Waals surface area contributed by atoms with Crippen molar-refractivity contribution < 1.29 is 4.90 Å². The van der Waals surface area contributed by atoms with Gasteiger partial charge in [-0.05, 0) is 62.6 Å². The van der Waals surface area contributed by atoms with Crippen molar-refractivity contribution in [3.05, 3.63) is 64.5 Å². The highest BCUT2D eigenvalue weighted by Crippen LogP contribution is 2.33. The van der Waals surface area contributed by atoms with Gasteiger partial charge in [0, 0.05) is 11.4 Å². The molecular weight excluding hydrogens is 408 g/mol. The molecule has 0 atom stereocenters. The van der Waals surface area contributed by atoms with Crippen molar-refractivity contribution in [1.82, 2.24) is 14.0 Å². The van der Waals surface area contributed by atoms with Crippen LogP contribution in [0.25, 0.3) is 16.7 Å². The first-order valence-electron chi connectivity index (χ1n) is 12.1. The molecule has 0 unspecified atom stereocenters. The van der Waals surface area contributed by atoms with Crippen LogP contribution in [0.4, 0.5) is 5.82 Å². The summed E-state index contributed by atoms with van der Waals surface area (Å²) in [4.78, 5) is 9.07. The Hall–Kier alpha value is -3.30. The highest BCUT2D eigenvalue weighted by Gasteiger charge is 2.27. The highest BCUT2D eigenvalue weighted by molar-refractivity contribution is 5.86. The smallest absolute Gasteiger partial charge is 0.157 e. The molecular formula is C27H33N6+. The van der Waals surface area contributed by atoms with Gasteiger partial charge in [-0.2, -0.15) is 5.26 Å². The molecule has 5 rings (SSSR count). The van der Waals surface area contributed by atoms with Crippen LogP contribution in [0.15, 0.2) is 36.4 Å². The zero-order chi connectivity index (χ0) is 23.1. The van der Waals surface area contributed by atoms with Crippen LogP contribution in [0.2, 0.25) is 0 Å². The van der Waals surface area contributed by atoms with Gasteiger partial charge in [0.1, 0.15) is 11.9 Å². The largest absolute Gasteiger partial charge is 0.346 e. The van der Waals surface area contributed by atoms with E-state index in [0.717, 1.165) is 67.9 Å². The molecule has 0 saturated carbocycles. The fourth-order valence-corrected chi connectivity index (χ4v) is 5.53. The molecule has 0 amide bonds. The maximum atomic E-state index is 9.95. The second kappa shape index (κ2) is 8.57. The van der Waals surface area contributed by atoms with Gasteiger partial charge in [0.05, 0.1) is 55.9 Å². The monoisotopic (exact) mass is 441 g/mol. The first-order chi connectivity index (χ1) is 16.0. The molecule has 170 valence electrons. The number of rotatable bonds is 5. The lowest BCUT2D eigenvalue weighted by atomic mass is 10.0. The van der Waals surface area contributed by atoms with Crippen molar-refractivity contribution in [1.29, 1.82) is 5.26 Å². The molecule has 3 aromatic heterocycles. The van der Waals surface area contributed by atoms with Crippen LogP contribution in [0.3, 0.4) is 0 Å².